The molecule has 0 saturated heterocycles. The lowest BCUT2D eigenvalue weighted by Crippen LogP contribution is -2.42. The number of fused-ring (bicyclic) bond motifs is 1. The summed E-state index contributed by atoms with van der Waals surface area (Å²) < 4.78 is 5.19. The van der Waals surface area contributed by atoms with Crippen molar-refractivity contribution in [2.45, 2.75) is 39.8 Å². The number of para-hydroxylation sites is 1. The van der Waals surface area contributed by atoms with Crippen molar-refractivity contribution >= 4 is 16.9 Å². The molecule has 1 heterocycles. The molecule has 1 amide bonds. The van der Waals surface area contributed by atoms with E-state index in [0.717, 1.165) is 11.9 Å². The van der Waals surface area contributed by atoms with Gasteiger partial charge in [-0.15, -0.1) is 0 Å². The summed E-state index contributed by atoms with van der Waals surface area (Å²) in [5, 5.41) is 3.54. The Kier molecular flexibility index (Phi) is 5.55. The van der Waals surface area contributed by atoms with Gasteiger partial charge in [-0.1, -0.05) is 18.2 Å². The standard InChI is InChI=1S/C18H24N2O3/c1-12(2)20(13(3)4)10-9-19-17(21)15-11-14-7-5-6-8-16(14)23-18(15)22/h5-8,11-13H,9-10H2,1-4H3,(H,19,21). The molecule has 0 aliphatic heterocycles. The van der Waals surface area contributed by atoms with Gasteiger partial charge >= 0.3 is 5.63 Å². The predicted molar refractivity (Wildman–Crippen MR) is 91.8 cm³/mol. The molecule has 0 spiro atoms. The zero-order valence-corrected chi connectivity index (χ0v) is 14.1. The Morgan fingerprint density at radius 2 is 1.83 bits per heavy atom. The van der Waals surface area contributed by atoms with Crippen LogP contribution in [0.1, 0.15) is 38.1 Å². The topological polar surface area (TPSA) is 62.6 Å². The van der Waals surface area contributed by atoms with Gasteiger partial charge in [0.25, 0.3) is 5.91 Å². The second-order valence-corrected chi connectivity index (χ2v) is 6.17. The van der Waals surface area contributed by atoms with Gasteiger partial charge in [-0.05, 0) is 39.8 Å². The molecule has 0 fully saturated rings. The summed E-state index contributed by atoms with van der Waals surface area (Å²) in [6, 6.07) is 9.54. The number of amides is 1. The van der Waals surface area contributed by atoms with Crippen molar-refractivity contribution in [1.82, 2.24) is 10.2 Å². The molecule has 2 rings (SSSR count). The van der Waals surface area contributed by atoms with Gasteiger partial charge in [0, 0.05) is 30.6 Å². The third-order valence-corrected chi connectivity index (χ3v) is 3.87. The lowest BCUT2D eigenvalue weighted by atomic mass is 10.2. The van der Waals surface area contributed by atoms with Gasteiger partial charge in [0.15, 0.2) is 0 Å². The van der Waals surface area contributed by atoms with Gasteiger partial charge in [-0.2, -0.15) is 0 Å². The van der Waals surface area contributed by atoms with E-state index in [4.69, 9.17) is 4.42 Å². The molecule has 0 saturated carbocycles. The average Bonchev–Trinajstić information content (AvgIpc) is 2.49. The van der Waals surface area contributed by atoms with Gasteiger partial charge in [0.2, 0.25) is 0 Å². The fourth-order valence-corrected chi connectivity index (χ4v) is 2.73. The lowest BCUT2D eigenvalue weighted by molar-refractivity contribution is 0.0936. The molecule has 0 bridgehead atoms. The van der Waals surface area contributed by atoms with Crippen molar-refractivity contribution in [3.63, 3.8) is 0 Å². The third-order valence-electron chi connectivity index (χ3n) is 3.87. The molecule has 1 aromatic heterocycles. The Morgan fingerprint density at radius 1 is 1.17 bits per heavy atom. The molecular formula is C18H24N2O3. The molecule has 23 heavy (non-hydrogen) atoms. The van der Waals surface area contributed by atoms with Crippen LogP contribution in [0.4, 0.5) is 0 Å². The Hall–Kier alpha value is -2.14. The van der Waals surface area contributed by atoms with E-state index in [1.165, 1.54) is 0 Å². The monoisotopic (exact) mass is 316 g/mol. The molecule has 0 aliphatic carbocycles. The van der Waals surface area contributed by atoms with Crippen LogP contribution in [0.3, 0.4) is 0 Å². The molecule has 0 radical (unpaired) electrons. The minimum Gasteiger partial charge on any atom is -0.422 e. The highest BCUT2D eigenvalue weighted by Gasteiger charge is 2.16. The number of hydrogen-bond acceptors (Lipinski definition) is 4. The highest BCUT2D eigenvalue weighted by molar-refractivity contribution is 5.96. The maximum absolute atomic E-state index is 12.2. The Bertz CT molecular complexity index is 726. The van der Waals surface area contributed by atoms with E-state index in [9.17, 15) is 9.59 Å². The van der Waals surface area contributed by atoms with E-state index in [0.29, 0.717) is 24.2 Å². The second kappa shape index (κ2) is 7.42. The van der Waals surface area contributed by atoms with Crippen molar-refractivity contribution in [3.05, 3.63) is 46.3 Å². The highest BCUT2D eigenvalue weighted by Crippen LogP contribution is 2.12. The molecule has 0 aliphatic rings. The number of carbonyl (C=O) groups excluding carboxylic acids is 1. The fraction of sp³-hybridized carbons (Fsp3) is 0.444. The van der Waals surface area contributed by atoms with Gasteiger partial charge in [0.05, 0.1) is 0 Å². The number of rotatable bonds is 6. The van der Waals surface area contributed by atoms with Gasteiger partial charge < -0.3 is 9.73 Å². The molecule has 124 valence electrons. The normalized spacial score (nSPS) is 11.6. The molecule has 5 heteroatoms. The lowest BCUT2D eigenvalue weighted by Gasteiger charge is -2.30. The molecule has 0 atom stereocenters. The first kappa shape index (κ1) is 17.2. The molecule has 2 aromatic rings. The summed E-state index contributed by atoms with van der Waals surface area (Å²) in [7, 11) is 0. The van der Waals surface area contributed by atoms with Crippen LogP contribution in [-0.4, -0.2) is 36.0 Å². The Morgan fingerprint density at radius 3 is 2.48 bits per heavy atom. The van der Waals surface area contributed by atoms with Crippen molar-refractivity contribution in [2.24, 2.45) is 0 Å². The zero-order chi connectivity index (χ0) is 17.0. The number of carbonyl (C=O) groups is 1. The smallest absolute Gasteiger partial charge is 0.349 e. The average molecular weight is 316 g/mol. The van der Waals surface area contributed by atoms with Crippen LogP contribution >= 0.6 is 0 Å². The first-order chi connectivity index (χ1) is 10.9. The summed E-state index contributed by atoms with van der Waals surface area (Å²) in [5.74, 6) is -0.392. The van der Waals surface area contributed by atoms with Crippen LogP contribution in [0.25, 0.3) is 11.0 Å². The first-order valence-electron chi connectivity index (χ1n) is 7.97. The number of nitrogens with zero attached hydrogens (tertiary/aromatic N) is 1. The summed E-state index contributed by atoms with van der Waals surface area (Å²) in [6.45, 7) is 9.72. The number of nitrogens with one attached hydrogen (secondary N) is 1. The van der Waals surface area contributed by atoms with Gasteiger partial charge in [-0.3, -0.25) is 9.69 Å². The molecule has 5 nitrogen and oxygen atoms in total. The van der Waals surface area contributed by atoms with E-state index >= 15 is 0 Å². The van der Waals surface area contributed by atoms with Crippen LogP contribution < -0.4 is 10.9 Å². The largest absolute Gasteiger partial charge is 0.422 e. The van der Waals surface area contributed by atoms with Crippen LogP contribution in [0.5, 0.6) is 0 Å². The first-order valence-corrected chi connectivity index (χ1v) is 7.97. The van der Waals surface area contributed by atoms with E-state index in [1.807, 2.05) is 12.1 Å². The van der Waals surface area contributed by atoms with E-state index in [1.54, 1.807) is 18.2 Å². The maximum atomic E-state index is 12.2. The second-order valence-electron chi connectivity index (χ2n) is 6.17. The van der Waals surface area contributed by atoms with Gasteiger partial charge in [0.1, 0.15) is 11.1 Å². The van der Waals surface area contributed by atoms with Crippen LogP contribution in [0.15, 0.2) is 39.5 Å². The van der Waals surface area contributed by atoms with Crippen molar-refractivity contribution in [2.75, 3.05) is 13.1 Å². The molecular weight excluding hydrogens is 292 g/mol. The predicted octanol–water partition coefficient (Wildman–Crippen LogP) is 2.64. The Balaban J connectivity index is 2.06. The van der Waals surface area contributed by atoms with E-state index < -0.39 is 11.5 Å². The van der Waals surface area contributed by atoms with Crippen LogP contribution in [0.2, 0.25) is 0 Å². The number of hydrogen-bond donors (Lipinski definition) is 1. The molecule has 0 unspecified atom stereocenters. The SMILES string of the molecule is CC(C)N(CCNC(=O)c1cc2ccccc2oc1=O)C(C)C. The van der Waals surface area contributed by atoms with Crippen molar-refractivity contribution < 1.29 is 9.21 Å². The number of benzene rings is 1. The van der Waals surface area contributed by atoms with E-state index in [-0.39, 0.29) is 5.56 Å². The minimum absolute atomic E-state index is 0.0457. The van der Waals surface area contributed by atoms with Crippen molar-refractivity contribution in [1.29, 1.82) is 0 Å². The minimum atomic E-state index is -0.606. The molecule has 1 aromatic carbocycles. The quantitative estimate of drug-likeness (QED) is 0.832. The third kappa shape index (κ3) is 4.20. The summed E-state index contributed by atoms with van der Waals surface area (Å²) in [6.07, 6.45) is 0. The Labute approximate surface area is 136 Å². The zero-order valence-electron chi connectivity index (χ0n) is 14.1. The van der Waals surface area contributed by atoms with Crippen LogP contribution in [-0.2, 0) is 0 Å². The van der Waals surface area contributed by atoms with Gasteiger partial charge in [-0.25, -0.2) is 4.79 Å². The summed E-state index contributed by atoms with van der Waals surface area (Å²) in [5.41, 5.74) is -0.0741. The highest BCUT2D eigenvalue weighted by atomic mass is 16.4. The molecule has 1 N–H and O–H groups in total. The summed E-state index contributed by atoms with van der Waals surface area (Å²) in [4.78, 5) is 26.5. The summed E-state index contributed by atoms with van der Waals surface area (Å²) >= 11 is 0. The van der Waals surface area contributed by atoms with E-state index in [2.05, 4.69) is 37.9 Å². The maximum Gasteiger partial charge on any atom is 0.349 e. The van der Waals surface area contributed by atoms with Crippen LogP contribution in [0, 0.1) is 0 Å². The fourth-order valence-electron chi connectivity index (χ4n) is 2.73. The van der Waals surface area contributed by atoms with Crippen molar-refractivity contribution in [3.8, 4) is 0 Å².